The van der Waals surface area contributed by atoms with Gasteiger partial charge in [0.25, 0.3) is 15.9 Å². The topological polar surface area (TPSA) is 78.8 Å². The zero-order valence-electron chi connectivity index (χ0n) is 17.4. The van der Waals surface area contributed by atoms with Gasteiger partial charge in [0.2, 0.25) is 0 Å². The molecule has 3 aromatic rings. The van der Waals surface area contributed by atoms with E-state index in [4.69, 9.17) is 11.6 Å². The maximum Gasteiger partial charge on any atom is 0.264 e. The summed E-state index contributed by atoms with van der Waals surface area (Å²) in [5, 5.41) is 3.87. The number of carbonyl (C=O) groups is 1. The summed E-state index contributed by atoms with van der Waals surface area (Å²) in [6, 6.07) is 17.2. The molecule has 0 aliphatic heterocycles. The van der Waals surface area contributed by atoms with E-state index in [1.165, 1.54) is 30.3 Å². The number of hydrogen-bond donors (Lipinski definition) is 1. The monoisotopic (exact) mass is 473 g/mol. The molecule has 0 aromatic heterocycles. The average Bonchev–Trinajstić information content (AvgIpc) is 2.77. The standard InChI is InChI=1S/C23H21ClFN3O3S/c1-16-8-6-13-22(17(16)2)28(32(30,31)18-9-4-3-5-10-18)15-23(29)27-26-14-19-20(24)11-7-12-21(19)25/h3-14H,15H2,1-2H3,(H,27,29)/b26-14-. The van der Waals surface area contributed by atoms with Gasteiger partial charge in [0, 0.05) is 5.56 Å². The van der Waals surface area contributed by atoms with Crippen molar-refractivity contribution in [3.63, 3.8) is 0 Å². The first-order valence-electron chi connectivity index (χ1n) is 9.61. The summed E-state index contributed by atoms with van der Waals surface area (Å²) < 4.78 is 41.6. The normalized spacial score (nSPS) is 11.5. The highest BCUT2D eigenvalue weighted by Gasteiger charge is 2.28. The molecule has 0 heterocycles. The second-order valence-electron chi connectivity index (χ2n) is 6.97. The summed E-state index contributed by atoms with van der Waals surface area (Å²) >= 11 is 5.94. The molecule has 3 aromatic carbocycles. The Kier molecular flexibility index (Phi) is 7.27. The molecule has 3 rings (SSSR count). The Morgan fingerprint density at radius 3 is 2.44 bits per heavy atom. The number of amides is 1. The minimum absolute atomic E-state index is 0.0118. The van der Waals surface area contributed by atoms with Crippen LogP contribution in [0.15, 0.2) is 76.7 Å². The van der Waals surface area contributed by atoms with Crippen LogP contribution in [0.2, 0.25) is 5.02 Å². The summed E-state index contributed by atoms with van der Waals surface area (Å²) in [6.07, 6.45) is 1.07. The van der Waals surface area contributed by atoms with Gasteiger partial charge in [-0.05, 0) is 55.3 Å². The van der Waals surface area contributed by atoms with E-state index < -0.39 is 28.3 Å². The third-order valence-electron chi connectivity index (χ3n) is 4.85. The minimum Gasteiger partial charge on any atom is -0.271 e. The van der Waals surface area contributed by atoms with Crippen LogP contribution in [0.1, 0.15) is 16.7 Å². The number of anilines is 1. The molecule has 9 heteroatoms. The Morgan fingerprint density at radius 1 is 1.06 bits per heavy atom. The van der Waals surface area contributed by atoms with Gasteiger partial charge in [0.1, 0.15) is 12.4 Å². The molecule has 0 aliphatic rings. The molecular weight excluding hydrogens is 453 g/mol. The van der Waals surface area contributed by atoms with E-state index in [0.29, 0.717) is 5.69 Å². The summed E-state index contributed by atoms with van der Waals surface area (Å²) in [7, 11) is -4.04. The molecule has 0 saturated carbocycles. The third-order valence-corrected chi connectivity index (χ3v) is 6.95. The molecule has 0 radical (unpaired) electrons. The molecule has 0 unspecified atom stereocenters. The quantitative estimate of drug-likeness (QED) is 0.407. The fraction of sp³-hybridized carbons (Fsp3) is 0.130. The van der Waals surface area contributed by atoms with Crippen molar-refractivity contribution >= 4 is 39.4 Å². The number of carbonyl (C=O) groups excluding carboxylic acids is 1. The van der Waals surface area contributed by atoms with Crippen LogP contribution in [0.25, 0.3) is 0 Å². The number of halogens is 2. The molecule has 32 heavy (non-hydrogen) atoms. The van der Waals surface area contributed by atoms with E-state index in [1.807, 2.05) is 13.0 Å². The smallest absolute Gasteiger partial charge is 0.264 e. The van der Waals surface area contributed by atoms with Gasteiger partial charge in [-0.1, -0.05) is 48.0 Å². The maximum atomic E-state index is 13.9. The minimum atomic E-state index is -4.04. The van der Waals surface area contributed by atoms with Gasteiger partial charge < -0.3 is 0 Å². The Hall–Kier alpha value is -3.23. The zero-order chi connectivity index (χ0) is 23.3. The van der Waals surface area contributed by atoms with Crippen molar-refractivity contribution in [3.05, 3.63) is 94.3 Å². The van der Waals surface area contributed by atoms with Gasteiger partial charge in [0.05, 0.1) is 21.8 Å². The summed E-state index contributed by atoms with van der Waals surface area (Å²) in [5.41, 5.74) is 4.24. The fourth-order valence-corrected chi connectivity index (χ4v) is 4.71. The van der Waals surface area contributed by atoms with Crippen LogP contribution in [0, 0.1) is 19.7 Å². The molecule has 0 saturated heterocycles. The summed E-state index contributed by atoms with van der Waals surface area (Å²) in [4.78, 5) is 12.7. The SMILES string of the molecule is Cc1cccc(N(CC(=O)N/N=C\c2c(F)cccc2Cl)S(=O)(=O)c2ccccc2)c1C. The Morgan fingerprint density at radius 2 is 1.75 bits per heavy atom. The molecule has 1 N–H and O–H groups in total. The number of sulfonamides is 1. The predicted molar refractivity (Wildman–Crippen MR) is 124 cm³/mol. The van der Waals surface area contributed by atoms with Crippen LogP contribution in [-0.4, -0.2) is 27.1 Å². The van der Waals surface area contributed by atoms with Crippen molar-refractivity contribution in [2.24, 2.45) is 5.10 Å². The molecule has 0 fully saturated rings. The molecule has 6 nitrogen and oxygen atoms in total. The van der Waals surface area contributed by atoms with Gasteiger partial charge in [0.15, 0.2) is 0 Å². The van der Waals surface area contributed by atoms with E-state index in [2.05, 4.69) is 10.5 Å². The maximum absolute atomic E-state index is 13.9. The number of hydrazone groups is 1. The third kappa shape index (κ3) is 5.15. The first kappa shape index (κ1) is 23.4. The van der Waals surface area contributed by atoms with E-state index in [1.54, 1.807) is 37.3 Å². The van der Waals surface area contributed by atoms with E-state index in [-0.39, 0.29) is 15.5 Å². The molecule has 0 atom stereocenters. The highest BCUT2D eigenvalue weighted by atomic mass is 35.5. The molecule has 0 bridgehead atoms. The molecule has 166 valence electrons. The van der Waals surface area contributed by atoms with Crippen molar-refractivity contribution in [1.29, 1.82) is 0 Å². The Bertz CT molecular complexity index is 1240. The number of nitrogens with zero attached hydrogens (tertiary/aromatic N) is 2. The number of aryl methyl sites for hydroxylation is 1. The molecule has 0 aliphatic carbocycles. The van der Waals surface area contributed by atoms with Crippen LogP contribution >= 0.6 is 11.6 Å². The first-order valence-corrected chi connectivity index (χ1v) is 11.4. The van der Waals surface area contributed by atoms with Gasteiger partial charge in [-0.25, -0.2) is 18.2 Å². The average molecular weight is 474 g/mol. The van der Waals surface area contributed by atoms with Crippen LogP contribution in [0.5, 0.6) is 0 Å². The largest absolute Gasteiger partial charge is 0.271 e. The zero-order valence-corrected chi connectivity index (χ0v) is 19.0. The Balaban J connectivity index is 1.90. The van der Waals surface area contributed by atoms with Crippen LogP contribution in [0.4, 0.5) is 10.1 Å². The second-order valence-corrected chi connectivity index (χ2v) is 9.24. The molecule has 1 amide bonds. The van der Waals surface area contributed by atoms with Gasteiger partial charge in [-0.2, -0.15) is 5.10 Å². The van der Waals surface area contributed by atoms with Gasteiger partial charge >= 0.3 is 0 Å². The molecule has 0 spiro atoms. The van der Waals surface area contributed by atoms with Gasteiger partial charge in [-0.3, -0.25) is 9.10 Å². The summed E-state index contributed by atoms with van der Waals surface area (Å²) in [5.74, 6) is -1.30. The Labute approximate surface area is 191 Å². The van der Waals surface area contributed by atoms with Crippen molar-refractivity contribution in [1.82, 2.24) is 5.43 Å². The van der Waals surface area contributed by atoms with Crippen LogP contribution in [-0.2, 0) is 14.8 Å². The van der Waals surface area contributed by atoms with E-state index >= 15 is 0 Å². The van der Waals surface area contributed by atoms with Gasteiger partial charge in [-0.15, -0.1) is 0 Å². The predicted octanol–water partition coefficient (Wildman–Crippen LogP) is 4.44. The van der Waals surface area contributed by atoms with Crippen molar-refractivity contribution < 1.29 is 17.6 Å². The lowest BCUT2D eigenvalue weighted by Gasteiger charge is -2.26. The summed E-state index contributed by atoms with van der Waals surface area (Å²) in [6.45, 7) is 3.12. The first-order chi connectivity index (χ1) is 15.2. The second kappa shape index (κ2) is 9.93. The number of benzene rings is 3. The van der Waals surface area contributed by atoms with Crippen molar-refractivity contribution in [2.45, 2.75) is 18.7 Å². The lowest BCUT2D eigenvalue weighted by Crippen LogP contribution is -2.40. The van der Waals surface area contributed by atoms with Crippen LogP contribution < -0.4 is 9.73 Å². The highest BCUT2D eigenvalue weighted by Crippen LogP contribution is 2.28. The van der Waals surface area contributed by atoms with Crippen molar-refractivity contribution in [2.75, 3.05) is 10.8 Å². The van der Waals surface area contributed by atoms with E-state index in [0.717, 1.165) is 21.6 Å². The lowest BCUT2D eigenvalue weighted by atomic mass is 10.1. The number of nitrogens with one attached hydrogen (secondary N) is 1. The van der Waals surface area contributed by atoms with E-state index in [9.17, 15) is 17.6 Å². The van der Waals surface area contributed by atoms with Crippen molar-refractivity contribution in [3.8, 4) is 0 Å². The fourth-order valence-electron chi connectivity index (χ4n) is 2.99. The van der Waals surface area contributed by atoms with Crippen LogP contribution in [0.3, 0.4) is 0 Å². The number of hydrogen-bond acceptors (Lipinski definition) is 4. The lowest BCUT2D eigenvalue weighted by molar-refractivity contribution is -0.119. The number of rotatable bonds is 7. The molecular formula is C23H21ClFN3O3S. The highest BCUT2D eigenvalue weighted by molar-refractivity contribution is 7.92.